The van der Waals surface area contributed by atoms with Gasteiger partial charge in [-0.1, -0.05) is 12.1 Å². The largest absolute Gasteiger partial charge is 0.459 e. The van der Waals surface area contributed by atoms with Crippen LogP contribution in [0.15, 0.2) is 72.3 Å². The van der Waals surface area contributed by atoms with Crippen LogP contribution in [0.25, 0.3) is 17.2 Å². The fourth-order valence-electron chi connectivity index (χ4n) is 4.11. The fourth-order valence-corrected chi connectivity index (χ4v) is 5.04. The summed E-state index contributed by atoms with van der Waals surface area (Å²) in [5.41, 5.74) is 6.82. The van der Waals surface area contributed by atoms with E-state index >= 15 is 0 Å². The molecule has 0 amide bonds. The molecular weight excluding hydrogens is 576 g/mol. The number of aromatic nitrogens is 4. The van der Waals surface area contributed by atoms with Crippen molar-refractivity contribution in [3.8, 4) is 5.75 Å². The average Bonchev–Trinajstić information content (AvgIpc) is 3.52. The van der Waals surface area contributed by atoms with E-state index in [1.54, 1.807) is 0 Å². The van der Waals surface area contributed by atoms with Crippen LogP contribution in [0, 0.1) is 10.1 Å². The number of carbonyl (C=O) groups excluding carboxylic acids is 1. The van der Waals surface area contributed by atoms with Crippen molar-refractivity contribution in [3.05, 3.63) is 88.6 Å². The molecule has 17 heteroatoms. The summed E-state index contributed by atoms with van der Waals surface area (Å²) in [6, 6.07) is 10.3. The quantitative estimate of drug-likeness (QED) is 0.105. The maximum atomic E-state index is 12.6. The number of nitro groups is 1. The summed E-state index contributed by atoms with van der Waals surface area (Å²) in [7, 11) is -4.26. The zero-order valence-corrected chi connectivity index (χ0v) is 22.1. The van der Waals surface area contributed by atoms with Crippen LogP contribution in [-0.2, 0) is 19.6 Å². The second-order valence-corrected chi connectivity index (χ2v) is 10.5. The first-order chi connectivity index (χ1) is 20.0. The number of esters is 1. The highest BCUT2D eigenvalue weighted by Gasteiger charge is 2.45. The average molecular weight is 599 g/mol. The van der Waals surface area contributed by atoms with Crippen LogP contribution in [-0.4, -0.2) is 74.0 Å². The molecule has 1 aliphatic heterocycles. The molecule has 0 saturated carbocycles. The van der Waals surface area contributed by atoms with Crippen LogP contribution in [0.2, 0.25) is 0 Å². The lowest BCUT2D eigenvalue weighted by Crippen LogP contribution is -2.34. The van der Waals surface area contributed by atoms with Crippen molar-refractivity contribution in [2.45, 2.75) is 29.4 Å². The number of nitrogens with zero attached hydrogens (tertiary/aromatic N) is 5. The van der Waals surface area contributed by atoms with Gasteiger partial charge in [-0.2, -0.15) is 8.42 Å². The van der Waals surface area contributed by atoms with Crippen molar-refractivity contribution in [2.24, 2.45) is 0 Å². The van der Waals surface area contributed by atoms with Gasteiger partial charge in [0, 0.05) is 6.08 Å². The van der Waals surface area contributed by atoms with E-state index in [4.69, 9.17) is 19.4 Å². The predicted octanol–water partition coefficient (Wildman–Crippen LogP) is 0.900. The molecule has 0 aliphatic carbocycles. The van der Waals surface area contributed by atoms with Gasteiger partial charge in [-0.05, 0) is 42.0 Å². The van der Waals surface area contributed by atoms with Crippen LogP contribution in [0.1, 0.15) is 22.1 Å². The highest BCUT2D eigenvalue weighted by molar-refractivity contribution is 7.87. The summed E-state index contributed by atoms with van der Waals surface area (Å²) in [6.07, 6.45) is -0.476. The van der Waals surface area contributed by atoms with Crippen LogP contribution in [0.4, 0.5) is 5.82 Å². The van der Waals surface area contributed by atoms with Gasteiger partial charge in [-0.25, -0.2) is 19.7 Å². The van der Waals surface area contributed by atoms with Crippen molar-refractivity contribution in [2.75, 3.05) is 12.3 Å². The number of rotatable bonds is 9. The Hall–Kier alpha value is -4.97. The molecule has 5 rings (SSSR count). The molecule has 1 fully saturated rings. The first kappa shape index (κ1) is 28.6. The highest BCUT2D eigenvalue weighted by atomic mass is 32.2. The zero-order chi connectivity index (χ0) is 30.0. The third-order valence-electron chi connectivity index (χ3n) is 6.23. The summed E-state index contributed by atoms with van der Waals surface area (Å²) < 4.78 is 42.7. The van der Waals surface area contributed by atoms with E-state index in [1.165, 1.54) is 59.7 Å². The van der Waals surface area contributed by atoms with Crippen LogP contribution >= 0.6 is 0 Å². The van der Waals surface area contributed by atoms with Crippen LogP contribution < -0.4 is 9.92 Å². The van der Waals surface area contributed by atoms with Crippen molar-refractivity contribution >= 4 is 39.1 Å². The smallest absolute Gasteiger partial charge is 0.339 e. The molecule has 0 spiro atoms. The number of anilines is 1. The van der Waals surface area contributed by atoms with Gasteiger partial charge in [-0.3, -0.25) is 14.7 Å². The molecule has 0 unspecified atom stereocenters. The second-order valence-electron chi connectivity index (χ2n) is 8.96. The van der Waals surface area contributed by atoms with Crippen LogP contribution in [0.5, 0.6) is 5.75 Å². The molecule has 0 bridgehead atoms. The Kier molecular flexibility index (Phi) is 7.81. The summed E-state index contributed by atoms with van der Waals surface area (Å²) in [5.74, 6) is -0.728. The molecule has 16 nitrogen and oxygen atoms in total. The molecule has 2 aromatic carbocycles. The first-order valence-corrected chi connectivity index (χ1v) is 13.5. The Morgan fingerprint density at radius 2 is 1.81 bits per heavy atom. The summed E-state index contributed by atoms with van der Waals surface area (Å²) >= 11 is 0. The van der Waals surface area contributed by atoms with Crippen molar-refractivity contribution in [3.63, 3.8) is 0 Å². The Labute approximate surface area is 236 Å². The molecule has 0 radical (unpaired) electrons. The lowest BCUT2D eigenvalue weighted by molar-refractivity contribution is -0.400. The number of hydrogen-bond donors (Lipinski definition) is 3. The highest BCUT2D eigenvalue weighted by Crippen LogP contribution is 2.32. The van der Waals surface area contributed by atoms with Gasteiger partial charge >= 0.3 is 16.1 Å². The fraction of sp³-hybridized carbons (Fsp3) is 0.200. The van der Waals surface area contributed by atoms with Gasteiger partial charge in [0.05, 0.1) is 16.8 Å². The van der Waals surface area contributed by atoms with Gasteiger partial charge in [0.15, 0.2) is 17.7 Å². The number of aliphatic hydroxyl groups is 2. The Morgan fingerprint density at radius 1 is 1.10 bits per heavy atom. The molecule has 1 saturated heterocycles. The minimum atomic E-state index is -4.26. The zero-order valence-electron chi connectivity index (χ0n) is 21.3. The lowest BCUT2D eigenvalue weighted by Gasteiger charge is -2.16. The normalized spacial score (nSPS) is 20.6. The number of nitrogens with two attached hydrogens (primary N) is 1. The monoisotopic (exact) mass is 598 g/mol. The third kappa shape index (κ3) is 5.88. The Bertz CT molecular complexity index is 1760. The van der Waals surface area contributed by atoms with Crippen molar-refractivity contribution < 1.29 is 42.0 Å². The number of hydrogen-bond acceptors (Lipinski definition) is 14. The Morgan fingerprint density at radius 3 is 2.50 bits per heavy atom. The standard InChI is InChI=1S/C25H22N6O10S/c26-22-19-23(28-12-27-22)30(13-29-19)24-21(33)20(32)18(40-24)11-39-25(34)15-3-7-17(8-4-15)42(37,38)41-16-5-1-14(2-6-16)9-10-31(35)36/h1-10,12-13,18,20-21,24,32-33H,11H2,(H2,26,27,28)/b10-9+/t18-,20-,21-,24-/m1/s1. The summed E-state index contributed by atoms with van der Waals surface area (Å²) in [6.45, 7) is -0.423. The lowest BCUT2D eigenvalue weighted by atomic mass is 10.1. The van der Waals surface area contributed by atoms with E-state index in [0.717, 1.165) is 18.3 Å². The predicted molar refractivity (Wildman–Crippen MR) is 143 cm³/mol. The molecule has 4 aromatic rings. The van der Waals surface area contributed by atoms with Crippen LogP contribution in [0.3, 0.4) is 0 Å². The number of ether oxygens (including phenoxy) is 2. The third-order valence-corrected chi connectivity index (χ3v) is 7.49. The molecule has 3 heterocycles. The minimum Gasteiger partial charge on any atom is -0.459 e. The number of fused-ring (bicyclic) bond motifs is 1. The van der Waals surface area contributed by atoms with E-state index in [-0.39, 0.29) is 33.2 Å². The minimum absolute atomic E-state index is 0.00763. The van der Waals surface area contributed by atoms with Crippen molar-refractivity contribution in [1.29, 1.82) is 0 Å². The number of benzene rings is 2. The van der Waals surface area contributed by atoms with Gasteiger partial charge in [-0.15, -0.1) is 0 Å². The second kappa shape index (κ2) is 11.5. The van der Waals surface area contributed by atoms with Gasteiger partial charge in [0.25, 0.3) is 0 Å². The number of imidazole rings is 1. The molecule has 4 atom stereocenters. The number of nitrogen functional groups attached to an aromatic ring is 1. The maximum Gasteiger partial charge on any atom is 0.339 e. The molecular formula is C25H22N6O10S. The Balaban J connectivity index is 1.19. The molecule has 1 aliphatic rings. The van der Waals surface area contributed by atoms with E-state index in [2.05, 4.69) is 15.0 Å². The number of aliphatic hydroxyl groups excluding tert-OH is 2. The molecule has 4 N–H and O–H groups in total. The van der Waals surface area contributed by atoms with E-state index in [1.807, 2.05) is 0 Å². The van der Waals surface area contributed by atoms with Crippen molar-refractivity contribution in [1.82, 2.24) is 19.5 Å². The first-order valence-electron chi connectivity index (χ1n) is 12.1. The van der Waals surface area contributed by atoms with Gasteiger partial charge in [0.1, 0.15) is 47.4 Å². The van der Waals surface area contributed by atoms with E-state index in [9.17, 15) is 33.5 Å². The van der Waals surface area contributed by atoms with Gasteiger partial charge < -0.3 is 29.6 Å². The summed E-state index contributed by atoms with van der Waals surface area (Å²) in [5, 5.41) is 31.4. The van der Waals surface area contributed by atoms with Gasteiger partial charge in [0.2, 0.25) is 6.20 Å². The maximum absolute atomic E-state index is 12.6. The van der Waals surface area contributed by atoms with E-state index in [0.29, 0.717) is 5.56 Å². The molecule has 42 heavy (non-hydrogen) atoms. The topological polar surface area (TPSA) is 232 Å². The number of carbonyl (C=O) groups is 1. The SMILES string of the molecule is Nc1ncnc2c1ncn2[C@@H]1O[C@H](COC(=O)c2ccc(S(=O)(=O)Oc3ccc(/C=C/[N+](=O)[O-])cc3)cc2)[C@@H](O)[C@H]1O. The summed E-state index contributed by atoms with van der Waals surface area (Å²) in [4.78, 5) is 34.2. The molecule has 2 aromatic heterocycles. The van der Waals surface area contributed by atoms with E-state index < -0.39 is 52.2 Å². The molecule has 218 valence electrons.